The quantitative estimate of drug-likeness (QED) is 0.483. The van der Waals surface area contributed by atoms with Gasteiger partial charge in [0, 0.05) is 55.8 Å². The van der Waals surface area contributed by atoms with Crippen LogP contribution >= 0.6 is 0 Å². The molecule has 1 saturated carbocycles. The molecule has 160 valence electrons. The third-order valence-corrected chi connectivity index (χ3v) is 5.77. The lowest BCUT2D eigenvalue weighted by Crippen LogP contribution is -2.43. The fourth-order valence-electron chi connectivity index (χ4n) is 4.00. The summed E-state index contributed by atoms with van der Waals surface area (Å²) in [6.07, 6.45) is 5.28. The lowest BCUT2D eigenvalue weighted by Gasteiger charge is -2.29. The Morgan fingerprint density at radius 2 is 1.80 bits per heavy atom. The highest BCUT2D eigenvalue weighted by atomic mass is 16.1. The van der Waals surface area contributed by atoms with Gasteiger partial charge in [0.15, 0.2) is 0 Å². The molecule has 0 bridgehead atoms. The van der Waals surface area contributed by atoms with Gasteiger partial charge in [-0.1, -0.05) is 0 Å². The molecule has 0 unspecified atom stereocenters. The molecule has 1 aliphatic heterocycles. The van der Waals surface area contributed by atoms with E-state index >= 15 is 0 Å². The fraction of sp³-hybridized carbons (Fsp3) is 0.476. The van der Waals surface area contributed by atoms with Crippen molar-refractivity contribution < 1.29 is 4.79 Å². The molecule has 30 heavy (non-hydrogen) atoms. The standard InChI is InChI=1S/C21H30N8O/c22-14-1-3-15(4-2-14)26-20-18(19(23)30)13-25-21(28-20)27-16-5-7-17(8-6-16)29-11-9-24-10-12-29/h5-8,13-15,24H,1-4,9-12,22H2,(H2,23,30)(H2,25,26,27,28)/t14-,15+. The molecule has 9 nitrogen and oxygen atoms in total. The summed E-state index contributed by atoms with van der Waals surface area (Å²) in [6, 6.07) is 8.69. The van der Waals surface area contributed by atoms with Gasteiger partial charge in [-0.25, -0.2) is 4.98 Å². The van der Waals surface area contributed by atoms with Gasteiger partial charge in [-0.15, -0.1) is 0 Å². The van der Waals surface area contributed by atoms with E-state index in [1.54, 1.807) is 0 Å². The van der Waals surface area contributed by atoms with Crippen LogP contribution in [0.4, 0.5) is 23.1 Å². The predicted octanol–water partition coefficient (Wildman–Crippen LogP) is 1.41. The van der Waals surface area contributed by atoms with Crippen LogP contribution in [0.3, 0.4) is 0 Å². The zero-order valence-electron chi connectivity index (χ0n) is 17.1. The van der Waals surface area contributed by atoms with Crippen molar-refractivity contribution in [1.29, 1.82) is 0 Å². The Balaban J connectivity index is 1.46. The molecule has 1 saturated heterocycles. The molecule has 4 rings (SSSR count). The number of piperazine rings is 1. The van der Waals surface area contributed by atoms with Crippen molar-refractivity contribution in [3.63, 3.8) is 0 Å². The molecule has 1 aromatic carbocycles. The Kier molecular flexibility index (Phi) is 6.29. The number of nitrogens with two attached hydrogens (primary N) is 2. The Bertz CT molecular complexity index is 858. The third-order valence-electron chi connectivity index (χ3n) is 5.77. The van der Waals surface area contributed by atoms with Gasteiger partial charge in [-0.2, -0.15) is 4.98 Å². The Labute approximate surface area is 176 Å². The minimum Gasteiger partial charge on any atom is -0.369 e. The third kappa shape index (κ3) is 4.98. The molecule has 2 aromatic rings. The van der Waals surface area contributed by atoms with Crippen LogP contribution < -0.4 is 32.3 Å². The second-order valence-electron chi connectivity index (χ2n) is 7.99. The number of aromatic nitrogens is 2. The molecular formula is C21H30N8O. The summed E-state index contributed by atoms with van der Waals surface area (Å²) in [7, 11) is 0. The average molecular weight is 411 g/mol. The molecule has 0 radical (unpaired) electrons. The first kappa shape index (κ1) is 20.4. The monoisotopic (exact) mass is 410 g/mol. The molecule has 1 aromatic heterocycles. The zero-order valence-corrected chi connectivity index (χ0v) is 17.1. The van der Waals surface area contributed by atoms with Crippen LogP contribution in [-0.4, -0.2) is 54.1 Å². The van der Waals surface area contributed by atoms with Gasteiger partial charge in [0.05, 0.1) is 5.56 Å². The van der Waals surface area contributed by atoms with Crippen molar-refractivity contribution in [1.82, 2.24) is 15.3 Å². The van der Waals surface area contributed by atoms with Crippen LogP contribution in [0.5, 0.6) is 0 Å². The van der Waals surface area contributed by atoms with Crippen LogP contribution in [0.1, 0.15) is 36.0 Å². The molecule has 0 atom stereocenters. The first-order chi connectivity index (χ1) is 14.6. The van der Waals surface area contributed by atoms with Crippen molar-refractivity contribution in [2.75, 3.05) is 41.7 Å². The molecular weight excluding hydrogens is 380 g/mol. The van der Waals surface area contributed by atoms with E-state index in [0.29, 0.717) is 17.3 Å². The summed E-state index contributed by atoms with van der Waals surface area (Å²) in [5.74, 6) is 0.347. The van der Waals surface area contributed by atoms with Crippen molar-refractivity contribution in [2.24, 2.45) is 11.5 Å². The number of hydrogen-bond acceptors (Lipinski definition) is 8. The second-order valence-corrected chi connectivity index (χ2v) is 7.99. The minimum absolute atomic E-state index is 0.226. The lowest BCUT2D eigenvalue weighted by molar-refractivity contribution is 0.100. The first-order valence-corrected chi connectivity index (χ1v) is 10.6. The number of carbonyl (C=O) groups is 1. The summed E-state index contributed by atoms with van der Waals surface area (Å²) in [5.41, 5.74) is 13.9. The van der Waals surface area contributed by atoms with Gasteiger partial charge in [0.25, 0.3) is 5.91 Å². The summed E-state index contributed by atoms with van der Waals surface area (Å²) in [6.45, 7) is 4.02. The Morgan fingerprint density at radius 1 is 1.10 bits per heavy atom. The number of anilines is 4. The van der Waals surface area contributed by atoms with Crippen molar-refractivity contribution in [3.8, 4) is 0 Å². The summed E-state index contributed by atoms with van der Waals surface area (Å²) >= 11 is 0. The second kappa shape index (κ2) is 9.27. The number of primary amides is 1. The van der Waals surface area contributed by atoms with Gasteiger partial charge >= 0.3 is 0 Å². The smallest absolute Gasteiger partial charge is 0.254 e. The van der Waals surface area contributed by atoms with Gasteiger partial charge in [-0.05, 0) is 49.9 Å². The summed E-state index contributed by atoms with van der Waals surface area (Å²) in [4.78, 5) is 23.0. The van der Waals surface area contributed by atoms with Crippen molar-refractivity contribution in [2.45, 2.75) is 37.8 Å². The molecule has 9 heteroatoms. The number of hydrogen-bond donors (Lipinski definition) is 5. The van der Waals surface area contributed by atoms with E-state index in [2.05, 4.69) is 43.0 Å². The molecule has 1 aliphatic carbocycles. The van der Waals surface area contributed by atoms with Crippen LogP contribution in [0, 0.1) is 0 Å². The zero-order chi connectivity index (χ0) is 20.9. The van der Waals surface area contributed by atoms with Gasteiger partial charge in [0.1, 0.15) is 5.82 Å². The number of rotatable bonds is 6. The van der Waals surface area contributed by atoms with Gasteiger partial charge in [0.2, 0.25) is 5.95 Å². The SMILES string of the molecule is NC(=O)c1cnc(Nc2ccc(N3CCNCC3)cc2)nc1N[C@H]1CC[C@@H](N)CC1. The highest BCUT2D eigenvalue weighted by Gasteiger charge is 2.21. The van der Waals surface area contributed by atoms with E-state index in [9.17, 15) is 4.79 Å². The first-order valence-electron chi connectivity index (χ1n) is 10.6. The maximum atomic E-state index is 11.8. The largest absolute Gasteiger partial charge is 0.369 e. The highest BCUT2D eigenvalue weighted by molar-refractivity contribution is 5.97. The van der Waals surface area contributed by atoms with E-state index in [0.717, 1.165) is 57.5 Å². The van der Waals surface area contributed by atoms with Gasteiger partial charge < -0.3 is 32.3 Å². The normalized spacial score (nSPS) is 21.8. The number of benzene rings is 1. The number of nitrogens with one attached hydrogen (secondary N) is 3. The van der Waals surface area contributed by atoms with Crippen molar-refractivity contribution >= 4 is 29.0 Å². The van der Waals surface area contributed by atoms with Crippen molar-refractivity contribution in [3.05, 3.63) is 36.0 Å². The minimum atomic E-state index is -0.545. The topological polar surface area (TPSA) is 134 Å². The van der Waals surface area contributed by atoms with E-state index < -0.39 is 5.91 Å². The average Bonchev–Trinajstić information content (AvgIpc) is 2.76. The fourth-order valence-corrected chi connectivity index (χ4v) is 4.00. The number of nitrogens with zero attached hydrogens (tertiary/aromatic N) is 3. The molecule has 2 heterocycles. The molecule has 0 spiro atoms. The Hall–Kier alpha value is -2.91. The van der Waals surface area contributed by atoms with Crippen LogP contribution in [0.25, 0.3) is 0 Å². The van der Waals surface area contributed by atoms with E-state index in [1.165, 1.54) is 11.9 Å². The highest BCUT2D eigenvalue weighted by Crippen LogP contribution is 2.24. The van der Waals surface area contributed by atoms with E-state index in [1.807, 2.05) is 12.1 Å². The van der Waals surface area contributed by atoms with E-state index in [-0.39, 0.29) is 12.1 Å². The van der Waals surface area contributed by atoms with Gasteiger partial charge in [-0.3, -0.25) is 4.79 Å². The molecule has 7 N–H and O–H groups in total. The van der Waals surface area contributed by atoms with Crippen LogP contribution in [0.2, 0.25) is 0 Å². The molecule has 2 fully saturated rings. The Morgan fingerprint density at radius 3 is 2.47 bits per heavy atom. The predicted molar refractivity (Wildman–Crippen MR) is 119 cm³/mol. The summed E-state index contributed by atoms with van der Waals surface area (Å²) < 4.78 is 0. The molecule has 2 aliphatic rings. The summed E-state index contributed by atoms with van der Waals surface area (Å²) in [5, 5.41) is 9.95. The maximum absolute atomic E-state index is 11.8. The van der Waals surface area contributed by atoms with E-state index in [4.69, 9.17) is 11.5 Å². The lowest BCUT2D eigenvalue weighted by atomic mass is 9.92. The maximum Gasteiger partial charge on any atom is 0.254 e. The van der Waals surface area contributed by atoms with Crippen LogP contribution in [0.15, 0.2) is 30.5 Å². The number of carbonyl (C=O) groups excluding carboxylic acids is 1. The molecule has 1 amide bonds. The van der Waals surface area contributed by atoms with Crippen LogP contribution in [-0.2, 0) is 0 Å². The number of amides is 1.